The Kier molecular flexibility index (Phi) is 6.35. The smallest absolute Gasteiger partial charge is 0.220 e. The highest BCUT2D eigenvalue weighted by Crippen LogP contribution is 2.19. The fraction of sp³-hybridized carbons (Fsp3) is 0.526. The van der Waals surface area contributed by atoms with Crippen LogP contribution in [0.1, 0.15) is 35.1 Å². The summed E-state index contributed by atoms with van der Waals surface area (Å²) in [5, 5.41) is 10.3. The fourth-order valence-corrected chi connectivity index (χ4v) is 3.19. The summed E-state index contributed by atoms with van der Waals surface area (Å²) in [6.45, 7) is 7.71. The minimum Gasteiger partial charge on any atom is -0.379 e. The van der Waals surface area contributed by atoms with E-state index in [2.05, 4.69) is 25.4 Å². The van der Waals surface area contributed by atoms with Crippen LogP contribution in [0.4, 0.5) is 0 Å². The molecule has 1 aliphatic heterocycles. The van der Waals surface area contributed by atoms with Gasteiger partial charge in [0.1, 0.15) is 0 Å². The van der Waals surface area contributed by atoms with Crippen molar-refractivity contribution in [2.24, 2.45) is 0 Å². The van der Waals surface area contributed by atoms with E-state index in [0.29, 0.717) is 19.4 Å². The van der Waals surface area contributed by atoms with Gasteiger partial charge in [-0.1, -0.05) is 6.07 Å². The van der Waals surface area contributed by atoms with Gasteiger partial charge in [-0.05, 0) is 31.5 Å². The first-order chi connectivity index (χ1) is 12.6. The SMILES string of the molecule is Cc1[nH]nc(CCC(=O)NC[C@H](c2ccccn2)N2CCOCC2)c1C. The van der Waals surface area contributed by atoms with E-state index in [1.807, 2.05) is 32.0 Å². The number of carbonyl (C=O) groups excluding carboxylic acids is 1. The molecule has 7 heteroatoms. The molecule has 140 valence electrons. The average molecular weight is 357 g/mol. The molecule has 1 saturated heterocycles. The van der Waals surface area contributed by atoms with Gasteiger partial charge in [-0.3, -0.25) is 19.8 Å². The zero-order valence-corrected chi connectivity index (χ0v) is 15.5. The molecule has 1 amide bonds. The number of amides is 1. The van der Waals surface area contributed by atoms with Gasteiger partial charge in [-0.25, -0.2) is 0 Å². The van der Waals surface area contributed by atoms with Gasteiger partial charge in [-0.2, -0.15) is 5.10 Å². The van der Waals surface area contributed by atoms with Crippen molar-refractivity contribution < 1.29 is 9.53 Å². The van der Waals surface area contributed by atoms with Crippen molar-refractivity contribution in [3.05, 3.63) is 47.0 Å². The maximum Gasteiger partial charge on any atom is 0.220 e. The number of hydrogen-bond acceptors (Lipinski definition) is 5. The minimum atomic E-state index is 0.0410. The van der Waals surface area contributed by atoms with Gasteiger partial charge in [0, 0.05) is 44.4 Å². The number of aromatic amines is 1. The van der Waals surface area contributed by atoms with Gasteiger partial charge in [0.2, 0.25) is 5.91 Å². The Morgan fingerprint density at radius 1 is 1.35 bits per heavy atom. The summed E-state index contributed by atoms with van der Waals surface area (Å²) in [6.07, 6.45) is 2.88. The highest BCUT2D eigenvalue weighted by Gasteiger charge is 2.24. The predicted molar refractivity (Wildman–Crippen MR) is 98.8 cm³/mol. The van der Waals surface area contributed by atoms with Crippen LogP contribution in [-0.4, -0.2) is 58.8 Å². The van der Waals surface area contributed by atoms with Crippen LogP contribution >= 0.6 is 0 Å². The number of hydrogen-bond donors (Lipinski definition) is 2. The number of nitrogens with one attached hydrogen (secondary N) is 2. The van der Waals surface area contributed by atoms with Crippen LogP contribution < -0.4 is 5.32 Å². The minimum absolute atomic E-state index is 0.0410. The van der Waals surface area contributed by atoms with Crippen molar-refractivity contribution in [2.45, 2.75) is 32.7 Å². The number of aryl methyl sites for hydroxylation is 2. The van der Waals surface area contributed by atoms with Crippen molar-refractivity contribution in [3.8, 4) is 0 Å². The average Bonchev–Trinajstić information content (AvgIpc) is 3.00. The van der Waals surface area contributed by atoms with Crippen molar-refractivity contribution in [1.82, 2.24) is 25.4 Å². The molecule has 3 rings (SSSR count). The zero-order chi connectivity index (χ0) is 18.4. The third-order valence-corrected chi connectivity index (χ3v) is 4.95. The molecule has 0 saturated carbocycles. The Balaban J connectivity index is 1.56. The highest BCUT2D eigenvalue weighted by molar-refractivity contribution is 5.76. The Morgan fingerprint density at radius 3 is 2.81 bits per heavy atom. The number of morpholine rings is 1. The number of pyridine rings is 1. The van der Waals surface area contributed by atoms with Gasteiger partial charge in [0.05, 0.1) is 30.6 Å². The first-order valence-corrected chi connectivity index (χ1v) is 9.15. The van der Waals surface area contributed by atoms with Gasteiger partial charge >= 0.3 is 0 Å². The molecule has 0 unspecified atom stereocenters. The molecule has 3 heterocycles. The number of carbonyl (C=O) groups is 1. The fourth-order valence-electron chi connectivity index (χ4n) is 3.19. The first kappa shape index (κ1) is 18.5. The Morgan fingerprint density at radius 2 is 2.15 bits per heavy atom. The van der Waals surface area contributed by atoms with Crippen LogP contribution in [0.2, 0.25) is 0 Å². The van der Waals surface area contributed by atoms with Gasteiger partial charge in [-0.15, -0.1) is 0 Å². The Hall–Kier alpha value is -2.25. The molecule has 0 spiro atoms. The lowest BCUT2D eigenvalue weighted by atomic mass is 10.1. The molecule has 1 atom stereocenters. The number of ether oxygens (including phenoxy) is 1. The Bertz CT molecular complexity index is 710. The predicted octanol–water partition coefficient (Wildman–Crippen LogP) is 1.54. The summed E-state index contributed by atoms with van der Waals surface area (Å²) in [7, 11) is 0. The molecule has 2 aromatic rings. The maximum absolute atomic E-state index is 12.3. The van der Waals surface area contributed by atoms with E-state index in [4.69, 9.17) is 4.74 Å². The van der Waals surface area contributed by atoms with Crippen molar-refractivity contribution in [3.63, 3.8) is 0 Å². The third kappa shape index (κ3) is 4.68. The van der Waals surface area contributed by atoms with Crippen molar-refractivity contribution in [2.75, 3.05) is 32.8 Å². The van der Waals surface area contributed by atoms with Crippen LogP contribution in [0.25, 0.3) is 0 Å². The van der Waals surface area contributed by atoms with E-state index < -0.39 is 0 Å². The van der Waals surface area contributed by atoms with Crippen molar-refractivity contribution in [1.29, 1.82) is 0 Å². The second kappa shape index (κ2) is 8.91. The molecule has 0 aliphatic carbocycles. The number of nitrogens with zero attached hydrogens (tertiary/aromatic N) is 3. The van der Waals surface area contributed by atoms with Gasteiger partial charge in [0.15, 0.2) is 0 Å². The monoisotopic (exact) mass is 357 g/mol. The number of aromatic nitrogens is 3. The van der Waals surface area contributed by atoms with E-state index >= 15 is 0 Å². The van der Waals surface area contributed by atoms with E-state index in [-0.39, 0.29) is 11.9 Å². The normalized spacial score (nSPS) is 16.4. The van der Waals surface area contributed by atoms with Gasteiger partial charge in [0.25, 0.3) is 0 Å². The van der Waals surface area contributed by atoms with E-state index in [9.17, 15) is 4.79 Å². The zero-order valence-electron chi connectivity index (χ0n) is 15.5. The molecular formula is C19H27N5O2. The van der Waals surface area contributed by atoms with E-state index in [1.54, 1.807) is 6.20 Å². The first-order valence-electron chi connectivity index (χ1n) is 9.15. The largest absolute Gasteiger partial charge is 0.379 e. The molecule has 0 aromatic carbocycles. The quantitative estimate of drug-likeness (QED) is 0.785. The molecule has 0 radical (unpaired) electrons. The second-order valence-corrected chi connectivity index (χ2v) is 6.64. The summed E-state index contributed by atoms with van der Waals surface area (Å²) in [4.78, 5) is 19.2. The molecule has 0 bridgehead atoms. The molecule has 7 nitrogen and oxygen atoms in total. The lowest BCUT2D eigenvalue weighted by Gasteiger charge is -2.34. The lowest BCUT2D eigenvalue weighted by molar-refractivity contribution is -0.121. The molecule has 1 fully saturated rings. The topological polar surface area (TPSA) is 83.1 Å². The van der Waals surface area contributed by atoms with Gasteiger partial charge < -0.3 is 10.1 Å². The Labute approximate surface area is 154 Å². The molecular weight excluding hydrogens is 330 g/mol. The van der Waals surface area contributed by atoms with Crippen LogP contribution in [0.5, 0.6) is 0 Å². The van der Waals surface area contributed by atoms with Crippen LogP contribution in [0.3, 0.4) is 0 Å². The summed E-state index contributed by atoms with van der Waals surface area (Å²) in [5.41, 5.74) is 4.14. The summed E-state index contributed by atoms with van der Waals surface area (Å²) in [6, 6.07) is 5.98. The van der Waals surface area contributed by atoms with Crippen LogP contribution in [0.15, 0.2) is 24.4 Å². The third-order valence-electron chi connectivity index (χ3n) is 4.95. The number of rotatable bonds is 7. The highest BCUT2D eigenvalue weighted by atomic mass is 16.5. The molecule has 2 N–H and O–H groups in total. The summed E-state index contributed by atoms with van der Waals surface area (Å²) in [5.74, 6) is 0.0410. The van der Waals surface area contributed by atoms with Crippen LogP contribution in [0, 0.1) is 13.8 Å². The second-order valence-electron chi connectivity index (χ2n) is 6.64. The molecule has 1 aliphatic rings. The summed E-state index contributed by atoms with van der Waals surface area (Å²) >= 11 is 0. The molecule has 26 heavy (non-hydrogen) atoms. The lowest BCUT2D eigenvalue weighted by Crippen LogP contribution is -2.44. The standard InChI is InChI=1S/C19H27N5O2/c1-14-15(2)22-23-16(14)6-7-19(25)21-13-18(17-5-3-4-8-20-17)24-9-11-26-12-10-24/h3-5,8,18H,6-7,9-13H2,1-2H3,(H,21,25)(H,22,23)/t18-/m1/s1. The van der Waals surface area contributed by atoms with E-state index in [0.717, 1.165) is 48.9 Å². The maximum atomic E-state index is 12.3. The van der Waals surface area contributed by atoms with E-state index in [1.165, 1.54) is 0 Å². The van der Waals surface area contributed by atoms with Crippen molar-refractivity contribution >= 4 is 5.91 Å². The summed E-state index contributed by atoms with van der Waals surface area (Å²) < 4.78 is 5.45. The number of H-pyrrole nitrogens is 1. The molecule has 2 aromatic heterocycles. The van der Waals surface area contributed by atoms with Crippen LogP contribution in [-0.2, 0) is 16.0 Å².